The molecule has 3 rings (SSSR count). The number of carbonyl (C=O) groups is 2. The molecule has 0 radical (unpaired) electrons. The van der Waals surface area contributed by atoms with Crippen molar-refractivity contribution >= 4 is 17.5 Å². The second-order valence-electron chi connectivity index (χ2n) is 6.16. The molecule has 0 aliphatic carbocycles. The highest BCUT2D eigenvalue weighted by atomic mass is 16.5. The Kier molecular flexibility index (Phi) is 6.73. The van der Waals surface area contributed by atoms with Gasteiger partial charge in [-0.2, -0.15) is 0 Å². The van der Waals surface area contributed by atoms with Gasteiger partial charge in [0.1, 0.15) is 23.7 Å². The molecule has 0 aliphatic rings. The van der Waals surface area contributed by atoms with Gasteiger partial charge in [-0.15, -0.1) is 6.58 Å². The lowest BCUT2D eigenvalue weighted by molar-refractivity contribution is 0.0953. The van der Waals surface area contributed by atoms with E-state index in [4.69, 9.17) is 4.74 Å². The van der Waals surface area contributed by atoms with E-state index in [0.717, 1.165) is 5.56 Å². The normalized spacial score (nSPS) is 10.1. The molecule has 2 aromatic carbocycles. The summed E-state index contributed by atoms with van der Waals surface area (Å²) in [6, 6.07) is 21.6. The van der Waals surface area contributed by atoms with Crippen molar-refractivity contribution in [3.63, 3.8) is 0 Å². The maximum absolute atomic E-state index is 12.4. The van der Waals surface area contributed by atoms with Crippen LogP contribution >= 0.6 is 0 Å². The summed E-state index contributed by atoms with van der Waals surface area (Å²) in [6.07, 6.45) is 1.57. The lowest BCUT2D eigenvalue weighted by atomic mass is 10.2. The number of pyridine rings is 1. The van der Waals surface area contributed by atoms with Crippen LogP contribution in [-0.2, 0) is 6.61 Å². The lowest BCUT2D eigenvalue weighted by Crippen LogP contribution is -2.25. The summed E-state index contributed by atoms with van der Waals surface area (Å²) < 4.78 is 5.73. The van der Waals surface area contributed by atoms with Crippen LogP contribution in [0.15, 0.2) is 85.5 Å². The molecule has 0 saturated heterocycles. The number of nitrogens with one attached hydrogen (secondary N) is 2. The molecule has 0 atom stereocenters. The fourth-order valence-electron chi connectivity index (χ4n) is 2.51. The molecule has 6 heteroatoms. The number of hydrogen-bond acceptors (Lipinski definition) is 4. The SMILES string of the molecule is C=CCNC(=O)c1cccc(C(=O)Nc2ccc(OCc3ccccc3)cc2)n1. The Bertz CT molecular complexity index is 986. The number of hydrogen-bond donors (Lipinski definition) is 2. The molecule has 6 nitrogen and oxygen atoms in total. The number of nitrogens with zero attached hydrogens (tertiary/aromatic N) is 1. The molecule has 0 unspecified atom stereocenters. The number of ether oxygens (including phenoxy) is 1. The van der Waals surface area contributed by atoms with Crippen LogP contribution in [0.3, 0.4) is 0 Å². The molecular weight excluding hydrogens is 366 g/mol. The molecule has 0 aliphatic heterocycles. The van der Waals surface area contributed by atoms with E-state index in [9.17, 15) is 9.59 Å². The van der Waals surface area contributed by atoms with Crippen LogP contribution in [0.4, 0.5) is 5.69 Å². The van der Waals surface area contributed by atoms with Crippen molar-refractivity contribution < 1.29 is 14.3 Å². The fraction of sp³-hybridized carbons (Fsp3) is 0.0870. The minimum Gasteiger partial charge on any atom is -0.489 e. The highest BCUT2D eigenvalue weighted by Crippen LogP contribution is 2.17. The molecule has 1 aromatic heterocycles. The van der Waals surface area contributed by atoms with Crippen molar-refractivity contribution in [3.05, 3.63) is 102 Å². The first kappa shape index (κ1) is 19.8. The molecule has 2 amide bonds. The van der Waals surface area contributed by atoms with Crippen LogP contribution in [0.2, 0.25) is 0 Å². The third-order valence-corrected chi connectivity index (χ3v) is 3.98. The monoisotopic (exact) mass is 387 g/mol. The Labute approximate surface area is 169 Å². The van der Waals surface area contributed by atoms with Crippen molar-refractivity contribution in [1.29, 1.82) is 0 Å². The number of rotatable bonds is 8. The largest absolute Gasteiger partial charge is 0.489 e. The van der Waals surface area contributed by atoms with E-state index in [-0.39, 0.29) is 17.3 Å². The van der Waals surface area contributed by atoms with Crippen molar-refractivity contribution in [3.8, 4) is 5.75 Å². The van der Waals surface area contributed by atoms with Gasteiger partial charge in [0.2, 0.25) is 0 Å². The van der Waals surface area contributed by atoms with E-state index in [2.05, 4.69) is 22.2 Å². The first-order chi connectivity index (χ1) is 14.2. The van der Waals surface area contributed by atoms with Crippen LogP contribution in [0, 0.1) is 0 Å². The average Bonchev–Trinajstić information content (AvgIpc) is 2.77. The number of benzene rings is 2. The first-order valence-corrected chi connectivity index (χ1v) is 9.10. The Balaban J connectivity index is 1.59. The van der Waals surface area contributed by atoms with Crippen LogP contribution in [-0.4, -0.2) is 23.3 Å². The smallest absolute Gasteiger partial charge is 0.274 e. The minimum absolute atomic E-state index is 0.153. The fourth-order valence-corrected chi connectivity index (χ4v) is 2.51. The van der Waals surface area contributed by atoms with E-state index < -0.39 is 5.91 Å². The van der Waals surface area contributed by atoms with Gasteiger partial charge < -0.3 is 15.4 Å². The van der Waals surface area contributed by atoms with E-state index in [1.807, 2.05) is 30.3 Å². The first-order valence-electron chi connectivity index (χ1n) is 9.10. The second-order valence-corrected chi connectivity index (χ2v) is 6.16. The van der Waals surface area contributed by atoms with Crippen LogP contribution in [0.5, 0.6) is 5.75 Å². The quantitative estimate of drug-likeness (QED) is 0.576. The molecular formula is C23H21N3O3. The van der Waals surface area contributed by atoms with Crippen molar-refractivity contribution in [2.24, 2.45) is 0 Å². The average molecular weight is 387 g/mol. The number of amides is 2. The molecule has 1 heterocycles. The summed E-state index contributed by atoms with van der Waals surface area (Å²) in [7, 11) is 0. The Morgan fingerprint density at radius 1 is 0.897 bits per heavy atom. The number of carbonyl (C=O) groups excluding carboxylic acids is 2. The summed E-state index contributed by atoms with van der Waals surface area (Å²) in [5.41, 5.74) is 2.00. The van der Waals surface area contributed by atoms with Crippen LogP contribution in [0.25, 0.3) is 0 Å². The van der Waals surface area contributed by atoms with E-state index in [1.165, 1.54) is 0 Å². The molecule has 2 N–H and O–H groups in total. The van der Waals surface area contributed by atoms with Gasteiger partial charge in [-0.25, -0.2) is 4.98 Å². The summed E-state index contributed by atoms with van der Waals surface area (Å²) >= 11 is 0. The molecule has 29 heavy (non-hydrogen) atoms. The highest BCUT2D eigenvalue weighted by Gasteiger charge is 2.12. The third-order valence-electron chi connectivity index (χ3n) is 3.98. The predicted molar refractivity (Wildman–Crippen MR) is 112 cm³/mol. The summed E-state index contributed by atoms with van der Waals surface area (Å²) in [5, 5.41) is 5.39. The van der Waals surface area contributed by atoms with Crippen LogP contribution in [0.1, 0.15) is 26.5 Å². The molecule has 0 bridgehead atoms. The number of anilines is 1. The van der Waals surface area contributed by atoms with Gasteiger partial charge in [-0.05, 0) is 42.0 Å². The molecule has 146 valence electrons. The molecule has 0 fully saturated rings. The van der Waals surface area contributed by atoms with Crippen molar-refractivity contribution in [2.75, 3.05) is 11.9 Å². The van der Waals surface area contributed by atoms with Gasteiger partial charge in [0.05, 0.1) is 0 Å². The maximum atomic E-state index is 12.4. The van der Waals surface area contributed by atoms with Crippen LogP contribution < -0.4 is 15.4 Å². The third kappa shape index (κ3) is 5.77. The molecule has 0 spiro atoms. The lowest BCUT2D eigenvalue weighted by Gasteiger charge is -2.09. The minimum atomic E-state index is -0.402. The van der Waals surface area contributed by atoms with Gasteiger partial charge in [-0.1, -0.05) is 42.5 Å². The predicted octanol–water partition coefficient (Wildman–Crippen LogP) is 3.83. The van der Waals surface area contributed by atoms with Crippen molar-refractivity contribution in [2.45, 2.75) is 6.61 Å². The zero-order valence-corrected chi connectivity index (χ0v) is 15.8. The van der Waals surface area contributed by atoms with Gasteiger partial charge >= 0.3 is 0 Å². The van der Waals surface area contributed by atoms with Gasteiger partial charge in [-0.3, -0.25) is 9.59 Å². The maximum Gasteiger partial charge on any atom is 0.274 e. The van der Waals surface area contributed by atoms with Gasteiger partial charge in [0.15, 0.2) is 0 Å². The second kappa shape index (κ2) is 9.85. The van der Waals surface area contributed by atoms with E-state index >= 15 is 0 Å². The molecule has 3 aromatic rings. The zero-order chi connectivity index (χ0) is 20.5. The Hall–Kier alpha value is -3.93. The van der Waals surface area contributed by atoms with Crippen molar-refractivity contribution in [1.82, 2.24) is 10.3 Å². The van der Waals surface area contributed by atoms with E-state index in [1.54, 1.807) is 48.5 Å². The molecule has 0 saturated carbocycles. The summed E-state index contributed by atoms with van der Waals surface area (Å²) in [5.74, 6) is -0.0633. The Morgan fingerprint density at radius 2 is 1.59 bits per heavy atom. The summed E-state index contributed by atoms with van der Waals surface area (Å²) in [6.45, 7) is 4.34. The van der Waals surface area contributed by atoms with Gasteiger partial charge in [0.25, 0.3) is 11.8 Å². The van der Waals surface area contributed by atoms with E-state index in [0.29, 0.717) is 24.6 Å². The highest BCUT2D eigenvalue weighted by molar-refractivity contribution is 6.03. The zero-order valence-electron chi connectivity index (χ0n) is 15.8. The summed E-state index contributed by atoms with van der Waals surface area (Å²) in [4.78, 5) is 28.5. The topological polar surface area (TPSA) is 80.3 Å². The Morgan fingerprint density at radius 3 is 2.28 bits per heavy atom. The number of aromatic nitrogens is 1. The standard InChI is InChI=1S/C23H21N3O3/c1-2-15-24-22(27)20-9-6-10-21(26-20)23(28)25-18-11-13-19(14-12-18)29-16-17-7-4-3-5-8-17/h2-14H,1,15-16H2,(H,24,27)(H,25,28). The van der Waals surface area contributed by atoms with Gasteiger partial charge in [0, 0.05) is 12.2 Å².